The second kappa shape index (κ2) is 6.07. The van der Waals surface area contributed by atoms with E-state index in [0.29, 0.717) is 25.4 Å². The van der Waals surface area contributed by atoms with Gasteiger partial charge in [0.1, 0.15) is 5.69 Å². The molecule has 2 rings (SSSR count). The summed E-state index contributed by atoms with van der Waals surface area (Å²) in [5.41, 5.74) is 1.71. The lowest BCUT2D eigenvalue weighted by molar-refractivity contribution is 0.0939. The van der Waals surface area contributed by atoms with Crippen molar-refractivity contribution in [2.24, 2.45) is 0 Å². The van der Waals surface area contributed by atoms with Gasteiger partial charge in [0.25, 0.3) is 5.91 Å². The predicted octanol–water partition coefficient (Wildman–Crippen LogP) is 1.39. The molecular weight excluding hydrogens is 230 g/mol. The molecule has 0 aliphatic carbocycles. The van der Waals surface area contributed by atoms with Gasteiger partial charge in [-0.25, -0.2) is 0 Å². The SMILES string of the molecule is COCCn1cccc1C(=O)NCc1cc[nH]c1. The van der Waals surface area contributed by atoms with Crippen molar-refractivity contribution in [1.29, 1.82) is 0 Å². The summed E-state index contributed by atoms with van der Waals surface area (Å²) in [7, 11) is 1.65. The van der Waals surface area contributed by atoms with Crippen LogP contribution in [0.25, 0.3) is 0 Å². The highest BCUT2D eigenvalue weighted by molar-refractivity contribution is 5.92. The Morgan fingerprint density at radius 1 is 1.50 bits per heavy atom. The number of nitrogens with one attached hydrogen (secondary N) is 2. The maximum atomic E-state index is 12.0. The molecule has 18 heavy (non-hydrogen) atoms. The maximum absolute atomic E-state index is 12.0. The van der Waals surface area contributed by atoms with Crippen LogP contribution in [-0.4, -0.2) is 29.2 Å². The smallest absolute Gasteiger partial charge is 0.268 e. The first-order chi connectivity index (χ1) is 8.81. The lowest BCUT2D eigenvalue weighted by atomic mass is 10.3. The van der Waals surface area contributed by atoms with Crippen LogP contribution in [0, 0.1) is 0 Å². The highest BCUT2D eigenvalue weighted by atomic mass is 16.5. The predicted molar refractivity (Wildman–Crippen MR) is 68.3 cm³/mol. The van der Waals surface area contributed by atoms with Gasteiger partial charge in [-0.05, 0) is 23.8 Å². The normalized spacial score (nSPS) is 10.5. The minimum absolute atomic E-state index is 0.0719. The molecule has 0 unspecified atom stereocenters. The highest BCUT2D eigenvalue weighted by Crippen LogP contribution is 2.03. The third kappa shape index (κ3) is 3.01. The van der Waals surface area contributed by atoms with Crippen LogP contribution in [0.3, 0.4) is 0 Å². The highest BCUT2D eigenvalue weighted by Gasteiger charge is 2.10. The number of aromatic amines is 1. The molecule has 0 fully saturated rings. The van der Waals surface area contributed by atoms with Gasteiger partial charge in [-0.3, -0.25) is 4.79 Å². The van der Waals surface area contributed by atoms with E-state index in [1.54, 1.807) is 7.11 Å². The fraction of sp³-hybridized carbons (Fsp3) is 0.308. The molecule has 0 saturated carbocycles. The van der Waals surface area contributed by atoms with Crippen LogP contribution in [0.2, 0.25) is 0 Å². The topological polar surface area (TPSA) is 59.0 Å². The minimum atomic E-state index is -0.0719. The van der Waals surface area contributed by atoms with Crippen molar-refractivity contribution in [2.75, 3.05) is 13.7 Å². The molecule has 0 radical (unpaired) electrons. The van der Waals surface area contributed by atoms with E-state index < -0.39 is 0 Å². The summed E-state index contributed by atoms with van der Waals surface area (Å²) in [5, 5.41) is 2.88. The lowest BCUT2D eigenvalue weighted by Crippen LogP contribution is -2.25. The summed E-state index contributed by atoms with van der Waals surface area (Å²) in [5.74, 6) is -0.0719. The Hall–Kier alpha value is -2.01. The zero-order valence-electron chi connectivity index (χ0n) is 10.3. The molecule has 0 aliphatic heterocycles. The van der Waals surface area contributed by atoms with Gasteiger partial charge < -0.3 is 19.6 Å². The van der Waals surface area contributed by atoms with Gasteiger partial charge in [0.2, 0.25) is 0 Å². The number of ether oxygens (including phenoxy) is 1. The van der Waals surface area contributed by atoms with Gasteiger partial charge in [-0.1, -0.05) is 0 Å². The van der Waals surface area contributed by atoms with Crippen molar-refractivity contribution in [3.8, 4) is 0 Å². The molecule has 5 heteroatoms. The van der Waals surface area contributed by atoms with Crippen LogP contribution in [0.1, 0.15) is 16.1 Å². The first-order valence-electron chi connectivity index (χ1n) is 5.85. The average Bonchev–Trinajstić information content (AvgIpc) is 3.04. The molecule has 5 nitrogen and oxygen atoms in total. The number of rotatable bonds is 6. The van der Waals surface area contributed by atoms with Gasteiger partial charge >= 0.3 is 0 Å². The van der Waals surface area contributed by atoms with E-state index in [1.165, 1.54) is 0 Å². The van der Waals surface area contributed by atoms with Gasteiger partial charge in [0, 0.05) is 38.8 Å². The van der Waals surface area contributed by atoms with E-state index in [4.69, 9.17) is 4.74 Å². The number of methoxy groups -OCH3 is 1. The summed E-state index contributed by atoms with van der Waals surface area (Å²) >= 11 is 0. The molecule has 0 bridgehead atoms. The first kappa shape index (κ1) is 12.4. The number of hydrogen-bond acceptors (Lipinski definition) is 2. The van der Waals surface area contributed by atoms with Crippen LogP contribution >= 0.6 is 0 Å². The van der Waals surface area contributed by atoms with E-state index >= 15 is 0 Å². The number of carbonyl (C=O) groups is 1. The van der Waals surface area contributed by atoms with Crippen molar-refractivity contribution in [1.82, 2.24) is 14.9 Å². The fourth-order valence-electron chi connectivity index (χ4n) is 1.75. The van der Waals surface area contributed by atoms with E-state index in [1.807, 2.05) is 41.4 Å². The van der Waals surface area contributed by atoms with E-state index in [9.17, 15) is 4.79 Å². The number of nitrogens with zero attached hydrogens (tertiary/aromatic N) is 1. The third-order valence-electron chi connectivity index (χ3n) is 2.71. The molecule has 0 saturated heterocycles. The van der Waals surface area contributed by atoms with E-state index in [-0.39, 0.29) is 5.91 Å². The second-order valence-electron chi connectivity index (χ2n) is 3.98. The van der Waals surface area contributed by atoms with Crippen LogP contribution in [-0.2, 0) is 17.8 Å². The molecule has 1 amide bonds. The Labute approximate surface area is 106 Å². The molecule has 2 heterocycles. The molecule has 2 aromatic heterocycles. The zero-order chi connectivity index (χ0) is 12.8. The lowest BCUT2D eigenvalue weighted by Gasteiger charge is -2.08. The second-order valence-corrected chi connectivity index (χ2v) is 3.98. The summed E-state index contributed by atoms with van der Waals surface area (Å²) in [4.78, 5) is 15.0. The standard InChI is InChI=1S/C13H17N3O2/c1-18-8-7-16-6-2-3-12(16)13(17)15-10-11-4-5-14-9-11/h2-6,9,14H,7-8,10H2,1H3,(H,15,17). The number of amides is 1. The van der Waals surface area contributed by atoms with Crippen molar-refractivity contribution >= 4 is 5.91 Å². The molecule has 0 atom stereocenters. The van der Waals surface area contributed by atoms with Gasteiger partial charge in [0.15, 0.2) is 0 Å². The van der Waals surface area contributed by atoms with Crippen LogP contribution in [0.4, 0.5) is 0 Å². The molecule has 2 N–H and O–H groups in total. The Kier molecular flexibility index (Phi) is 4.20. The minimum Gasteiger partial charge on any atom is -0.383 e. The maximum Gasteiger partial charge on any atom is 0.268 e. The molecule has 0 spiro atoms. The summed E-state index contributed by atoms with van der Waals surface area (Å²) in [6, 6.07) is 5.60. The van der Waals surface area contributed by atoms with Crippen molar-refractivity contribution < 1.29 is 9.53 Å². The third-order valence-corrected chi connectivity index (χ3v) is 2.71. The molecule has 96 valence electrons. The van der Waals surface area contributed by atoms with Crippen molar-refractivity contribution in [3.05, 3.63) is 48.0 Å². The molecule has 2 aromatic rings. The van der Waals surface area contributed by atoms with Gasteiger partial charge in [0.05, 0.1) is 6.61 Å². The van der Waals surface area contributed by atoms with E-state index in [2.05, 4.69) is 10.3 Å². The van der Waals surface area contributed by atoms with Crippen LogP contribution in [0.15, 0.2) is 36.8 Å². The van der Waals surface area contributed by atoms with Crippen molar-refractivity contribution in [2.45, 2.75) is 13.1 Å². The number of hydrogen-bond donors (Lipinski definition) is 2. The number of H-pyrrole nitrogens is 1. The monoisotopic (exact) mass is 247 g/mol. The van der Waals surface area contributed by atoms with E-state index in [0.717, 1.165) is 5.56 Å². The van der Waals surface area contributed by atoms with Crippen molar-refractivity contribution in [3.63, 3.8) is 0 Å². The fourth-order valence-corrected chi connectivity index (χ4v) is 1.75. The van der Waals surface area contributed by atoms with Crippen LogP contribution in [0.5, 0.6) is 0 Å². The Bertz CT molecular complexity index is 488. The summed E-state index contributed by atoms with van der Waals surface area (Å²) < 4.78 is 6.90. The average molecular weight is 247 g/mol. The number of aromatic nitrogens is 2. The summed E-state index contributed by atoms with van der Waals surface area (Å²) in [6.07, 6.45) is 5.58. The molecule has 0 aromatic carbocycles. The van der Waals surface area contributed by atoms with Gasteiger partial charge in [-0.2, -0.15) is 0 Å². The quantitative estimate of drug-likeness (QED) is 0.810. The Morgan fingerprint density at radius 3 is 3.11 bits per heavy atom. The summed E-state index contributed by atoms with van der Waals surface area (Å²) in [6.45, 7) is 1.79. The Balaban J connectivity index is 1.94. The first-order valence-corrected chi connectivity index (χ1v) is 5.85. The Morgan fingerprint density at radius 2 is 2.39 bits per heavy atom. The largest absolute Gasteiger partial charge is 0.383 e. The molecule has 0 aliphatic rings. The van der Waals surface area contributed by atoms with Crippen LogP contribution < -0.4 is 5.32 Å². The number of carbonyl (C=O) groups excluding carboxylic acids is 1. The molecular formula is C13H17N3O2. The zero-order valence-corrected chi connectivity index (χ0v) is 10.3. The van der Waals surface area contributed by atoms with Gasteiger partial charge in [-0.15, -0.1) is 0 Å².